The lowest BCUT2D eigenvalue weighted by Gasteiger charge is -2.03. The molecule has 0 aliphatic heterocycles. The summed E-state index contributed by atoms with van der Waals surface area (Å²) in [4.78, 5) is 12.7. The molecule has 2 aromatic rings. The summed E-state index contributed by atoms with van der Waals surface area (Å²) in [5.74, 6) is 0.00979. The summed E-state index contributed by atoms with van der Waals surface area (Å²) in [6.07, 6.45) is 2.12. The molecule has 9 heteroatoms. The van der Waals surface area contributed by atoms with E-state index in [9.17, 15) is 13.6 Å². The highest BCUT2D eigenvalue weighted by atomic mass is 32.1. The second-order valence-corrected chi connectivity index (χ2v) is 6.30. The van der Waals surface area contributed by atoms with E-state index in [0.29, 0.717) is 29.7 Å². The molecule has 0 N–H and O–H groups in total. The summed E-state index contributed by atoms with van der Waals surface area (Å²) in [7, 11) is 1.54. The summed E-state index contributed by atoms with van der Waals surface area (Å²) < 4.78 is 35.7. The Morgan fingerprint density at radius 3 is 2.52 bits per heavy atom. The highest BCUT2D eigenvalue weighted by molar-refractivity contribution is 7.07. The van der Waals surface area contributed by atoms with E-state index in [0.717, 1.165) is 11.3 Å². The van der Waals surface area contributed by atoms with Crippen molar-refractivity contribution in [3.63, 3.8) is 0 Å². The summed E-state index contributed by atoms with van der Waals surface area (Å²) in [5.41, 5.74) is 0.123. The second kappa shape index (κ2) is 9.62. The fourth-order valence-electron chi connectivity index (χ4n) is 2.29. The van der Waals surface area contributed by atoms with Crippen molar-refractivity contribution in [2.45, 2.75) is 19.6 Å². The molecule has 2 rings (SSSR count). The molecule has 1 aromatic heterocycles. The number of nitriles is 2. The Morgan fingerprint density at radius 2 is 1.96 bits per heavy atom. The summed E-state index contributed by atoms with van der Waals surface area (Å²) in [6, 6.07) is 9.40. The molecule has 0 saturated heterocycles. The number of aromatic nitrogens is 1. The van der Waals surface area contributed by atoms with Crippen LogP contribution in [0, 0.1) is 22.7 Å². The van der Waals surface area contributed by atoms with Crippen LogP contribution in [0.2, 0.25) is 0 Å². The fraction of sp³-hybridized carbons (Fsp3) is 0.278. The minimum Gasteiger partial charge on any atom is -0.435 e. The zero-order chi connectivity index (χ0) is 19.8. The summed E-state index contributed by atoms with van der Waals surface area (Å²) >= 11 is 1.03. The van der Waals surface area contributed by atoms with Crippen molar-refractivity contribution in [1.82, 2.24) is 4.57 Å². The number of nitrogens with zero attached hydrogens (tertiary/aromatic N) is 3. The third kappa shape index (κ3) is 5.23. The Morgan fingerprint density at radius 1 is 1.30 bits per heavy atom. The van der Waals surface area contributed by atoms with Crippen molar-refractivity contribution in [2.75, 3.05) is 13.7 Å². The van der Waals surface area contributed by atoms with E-state index < -0.39 is 6.61 Å². The van der Waals surface area contributed by atoms with Crippen molar-refractivity contribution >= 4 is 23.0 Å². The Labute approximate surface area is 157 Å². The maximum absolute atomic E-state index is 12.7. The molecule has 6 nitrogen and oxygen atoms in total. The van der Waals surface area contributed by atoms with Gasteiger partial charge in [-0.3, -0.25) is 9.36 Å². The van der Waals surface area contributed by atoms with Crippen LogP contribution >= 0.6 is 11.3 Å². The first kappa shape index (κ1) is 20.3. The van der Waals surface area contributed by atoms with Crippen molar-refractivity contribution in [2.24, 2.45) is 0 Å². The van der Waals surface area contributed by atoms with E-state index in [4.69, 9.17) is 15.3 Å². The molecular weight excluding hydrogens is 376 g/mol. The lowest BCUT2D eigenvalue weighted by molar-refractivity contribution is -0.0498. The largest absolute Gasteiger partial charge is 0.435 e. The van der Waals surface area contributed by atoms with Gasteiger partial charge in [0, 0.05) is 20.3 Å². The average molecular weight is 391 g/mol. The number of ether oxygens (including phenoxy) is 2. The normalized spacial score (nSPS) is 11.3. The highest BCUT2D eigenvalue weighted by Gasteiger charge is 2.09. The van der Waals surface area contributed by atoms with E-state index in [-0.39, 0.29) is 21.5 Å². The van der Waals surface area contributed by atoms with Gasteiger partial charge in [-0.2, -0.15) is 19.3 Å². The second-order valence-electron chi connectivity index (χ2n) is 5.27. The number of hydrogen-bond acceptors (Lipinski definition) is 6. The fourth-order valence-corrected chi connectivity index (χ4v) is 3.37. The monoisotopic (exact) mass is 391 g/mol. The van der Waals surface area contributed by atoms with Gasteiger partial charge in [0.15, 0.2) is 5.57 Å². The standard InChI is InChI=1S/C18H15F2N3O3S/c1-25-8-2-7-23-16(24)15(27-17(23)13(10-21)11-22)9-12-3-5-14(6-4-12)26-18(19)20/h3-6,9,18H,2,7-8H2,1H3/b15-9+. The number of alkyl halides is 2. The molecule has 1 aromatic carbocycles. The van der Waals surface area contributed by atoms with Crippen molar-refractivity contribution < 1.29 is 18.3 Å². The zero-order valence-electron chi connectivity index (χ0n) is 14.3. The Balaban J connectivity index is 2.51. The van der Waals surface area contributed by atoms with Crippen LogP contribution in [0.5, 0.6) is 5.75 Å². The van der Waals surface area contributed by atoms with E-state index in [1.54, 1.807) is 25.3 Å². The zero-order valence-corrected chi connectivity index (χ0v) is 15.1. The molecule has 0 radical (unpaired) electrons. The van der Waals surface area contributed by atoms with Crippen LogP contribution in [0.4, 0.5) is 8.78 Å². The maximum Gasteiger partial charge on any atom is 0.387 e. The predicted octanol–water partition coefficient (Wildman–Crippen LogP) is 1.57. The van der Waals surface area contributed by atoms with Crippen LogP contribution in [-0.2, 0) is 11.3 Å². The van der Waals surface area contributed by atoms with Gasteiger partial charge in [0.2, 0.25) is 0 Å². The van der Waals surface area contributed by atoms with Crippen LogP contribution in [0.25, 0.3) is 11.6 Å². The van der Waals surface area contributed by atoms with Crippen LogP contribution in [0.15, 0.2) is 29.1 Å². The molecular formula is C18H15F2N3O3S. The van der Waals surface area contributed by atoms with Crippen molar-refractivity contribution in [1.29, 1.82) is 10.5 Å². The van der Waals surface area contributed by atoms with Gasteiger partial charge >= 0.3 is 6.61 Å². The smallest absolute Gasteiger partial charge is 0.387 e. The number of rotatable bonds is 7. The Bertz CT molecular complexity index is 1030. The van der Waals surface area contributed by atoms with Gasteiger partial charge in [-0.15, -0.1) is 11.3 Å². The Hall–Kier alpha value is -3.01. The minimum absolute atomic E-state index is 0.00979. The van der Waals surface area contributed by atoms with E-state index in [2.05, 4.69) is 4.74 Å². The molecule has 0 aliphatic carbocycles. The van der Waals surface area contributed by atoms with Crippen LogP contribution in [-0.4, -0.2) is 24.9 Å². The first-order valence-electron chi connectivity index (χ1n) is 7.79. The molecule has 0 amide bonds. The summed E-state index contributed by atoms with van der Waals surface area (Å²) in [6.45, 7) is -2.17. The predicted molar refractivity (Wildman–Crippen MR) is 95.6 cm³/mol. The van der Waals surface area contributed by atoms with E-state index >= 15 is 0 Å². The molecule has 0 bridgehead atoms. The third-order valence-electron chi connectivity index (χ3n) is 3.48. The molecule has 0 atom stereocenters. The molecule has 0 unspecified atom stereocenters. The van der Waals surface area contributed by atoms with Crippen molar-refractivity contribution in [3.8, 4) is 17.9 Å². The van der Waals surface area contributed by atoms with Gasteiger partial charge in [-0.25, -0.2) is 0 Å². The van der Waals surface area contributed by atoms with Crippen LogP contribution in [0.1, 0.15) is 12.0 Å². The molecule has 0 spiro atoms. The van der Waals surface area contributed by atoms with Gasteiger partial charge in [-0.1, -0.05) is 12.1 Å². The van der Waals surface area contributed by atoms with Crippen molar-refractivity contribution in [3.05, 3.63) is 49.4 Å². The van der Waals surface area contributed by atoms with Gasteiger partial charge in [0.25, 0.3) is 5.56 Å². The maximum atomic E-state index is 12.7. The Kier molecular flexibility index (Phi) is 7.24. The molecule has 140 valence electrons. The minimum atomic E-state index is -2.91. The molecule has 0 aliphatic rings. The first-order chi connectivity index (χ1) is 13.0. The highest BCUT2D eigenvalue weighted by Crippen LogP contribution is 2.15. The van der Waals surface area contributed by atoms with E-state index in [1.165, 1.54) is 28.8 Å². The van der Waals surface area contributed by atoms with Gasteiger partial charge in [-0.05, 0) is 30.2 Å². The molecule has 0 saturated carbocycles. The number of halogens is 2. The van der Waals surface area contributed by atoms with Crippen LogP contribution in [0.3, 0.4) is 0 Å². The molecule has 1 heterocycles. The lowest BCUT2D eigenvalue weighted by atomic mass is 10.2. The number of hydrogen-bond donors (Lipinski definition) is 0. The lowest BCUT2D eigenvalue weighted by Crippen LogP contribution is -2.32. The number of methoxy groups -OCH3 is 1. The van der Waals surface area contributed by atoms with Gasteiger partial charge < -0.3 is 9.47 Å². The molecule has 0 fully saturated rings. The first-order valence-corrected chi connectivity index (χ1v) is 8.61. The number of benzene rings is 1. The van der Waals surface area contributed by atoms with Crippen LogP contribution < -0.4 is 19.5 Å². The van der Waals surface area contributed by atoms with E-state index in [1.807, 2.05) is 0 Å². The average Bonchev–Trinajstić information content (AvgIpc) is 2.94. The topological polar surface area (TPSA) is 88.0 Å². The third-order valence-corrected chi connectivity index (χ3v) is 4.61. The van der Waals surface area contributed by atoms with Gasteiger partial charge in [0.1, 0.15) is 22.6 Å². The number of thiazole rings is 1. The summed E-state index contributed by atoms with van der Waals surface area (Å²) in [5, 5.41) is 18.3. The quantitative estimate of drug-likeness (QED) is 0.669. The SMILES string of the molecule is COCCCn1c(=C(C#N)C#N)s/c(=C/c2ccc(OC(F)F)cc2)c1=O. The molecule has 27 heavy (non-hydrogen) atoms. The van der Waals surface area contributed by atoms with Gasteiger partial charge in [0.05, 0.1) is 4.53 Å².